The van der Waals surface area contributed by atoms with Gasteiger partial charge in [-0.3, -0.25) is 4.79 Å². The van der Waals surface area contributed by atoms with Gasteiger partial charge in [-0.25, -0.2) is 13.1 Å². The van der Waals surface area contributed by atoms with E-state index >= 15 is 0 Å². The number of hydrogen-bond acceptors (Lipinski definition) is 3. The molecule has 14 heavy (non-hydrogen) atoms. The lowest BCUT2D eigenvalue weighted by molar-refractivity contribution is -0.140. The Morgan fingerprint density at radius 1 is 1.43 bits per heavy atom. The Morgan fingerprint density at radius 3 is 2.21 bits per heavy atom. The van der Waals surface area contributed by atoms with Crippen LogP contribution in [0, 0.1) is 5.92 Å². The van der Waals surface area contributed by atoms with E-state index in [2.05, 4.69) is 4.72 Å². The average molecular weight is 223 g/mol. The summed E-state index contributed by atoms with van der Waals surface area (Å²) in [5, 5.41) is 8.75. The maximum absolute atomic E-state index is 11.3. The Kier molecular flexibility index (Phi) is 5.07. The predicted molar refractivity (Wildman–Crippen MR) is 53.5 cm³/mol. The van der Waals surface area contributed by atoms with E-state index < -0.39 is 22.0 Å². The number of hydrogen-bond donors (Lipinski definition) is 2. The number of nitrogens with one attached hydrogen (secondary N) is 1. The van der Waals surface area contributed by atoms with E-state index in [0.29, 0.717) is 6.42 Å². The molecule has 0 radical (unpaired) electrons. The fourth-order valence-electron chi connectivity index (χ4n) is 0.993. The highest BCUT2D eigenvalue weighted by Crippen LogP contribution is 2.04. The van der Waals surface area contributed by atoms with Crippen LogP contribution in [0.4, 0.5) is 0 Å². The molecule has 0 spiro atoms. The number of carbonyl (C=O) groups is 1. The molecule has 0 fully saturated rings. The van der Waals surface area contributed by atoms with Gasteiger partial charge < -0.3 is 5.11 Å². The zero-order valence-corrected chi connectivity index (χ0v) is 9.47. The van der Waals surface area contributed by atoms with Crippen LogP contribution < -0.4 is 4.72 Å². The summed E-state index contributed by atoms with van der Waals surface area (Å²) in [5.74, 6) is -1.44. The van der Waals surface area contributed by atoms with E-state index in [1.807, 2.05) is 0 Å². The first kappa shape index (κ1) is 13.4. The largest absolute Gasteiger partial charge is 0.480 e. The molecule has 6 heteroatoms. The number of aliphatic carboxylic acids is 1. The normalized spacial score (nSPS) is 14.3. The average Bonchev–Trinajstić information content (AvgIpc) is 1.99. The van der Waals surface area contributed by atoms with Crippen molar-refractivity contribution < 1.29 is 18.3 Å². The van der Waals surface area contributed by atoms with Gasteiger partial charge in [-0.1, -0.05) is 20.8 Å². The minimum atomic E-state index is -3.45. The van der Waals surface area contributed by atoms with E-state index in [-0.39, 0.29) is 11.7 Å². The van der Waals surface area contributed by atoms with Gasteiger partial charge in [0.1, 0.15) is 6.04 Å². The topological polar surface area (TPSA) is 83.5 Å². The summed E-state index contributed by atoms with van der Waals surface area (Å²) in [4.78, 5) is 10.7. The van der Waals surface area contributed by atoms with Crippen LogP contribution in [0.5, 0.6) is 0 Å². The van der Waals surface area contributed by atoms with Crippen molar-refractivity contribution in [3.05, 3.63) is 0 Å². The summed E-state index contributed by atoms with van der Waals surface area (Å²) in [6.07, 6.45) is 0.472. The van der Waals surface area contributed by atoms with E-state index in [1.165, 1.54) is 0 Å². The number of sulfonamides is 1. The monoisotopic (exact) mass is 223 g/mol. The van der Waals surface area contributed by atoms with Crippen LogP contribution in [-0.2, 0) is 14.8 Å². The Balaban J connectivity index is 4.53. The maximum atomic E-state index is 11.3. The van der Waals surface area contributed by atoms with Crippen LogP contribution in [0.3, 0.4) is 0 Å². The summed E-state index contributed by atoms with van der Waals surface area (Å²) in [5.41, 5.74) is 0. The molecule has 0 aromatic rings. The molecule has 1 unspecified atom stereocenters. The van der Waals surface area contributed by atoms with Crippen molar-refractivity contribution in [2.75, 3.05) is 5.75 Å². The third-order valence-electron chi connectivity index (χ3n) is 1.71. The van der Waals surface area contributed by atoms with Crippen molar-refractivity contribution in [1.29, 1.82) is 0 Å². The SMILES string of the molecule is CCCS(=O)(=O)NC(C(=O)O)C(C)C. The van der Waals surface area contributed by atoms with Crippen molar-refractivity contribution in [2.45, 2.75) is 33.2 Å². The van der Waals surface area contributed by atoms with Crippen LogP contribution in [0.25, 0.3) is 0 Å². The Labute approximate surface area is 84.6 Å². The molecule has 1 atom stereocenters. The maximum Gasteiger partial charge on any atom is 0.321 e. The van der Waals surface area contributed by atoms with Gasteiger partial charge in [-0.05, 0) is 12.3 Å². The Morgan fingerprint density at radius 2 is 1.93 bits per heavy atom. The quantitative estimate of drug-likeness (QED) is 0.683. The van der Waals surface area contributed by atoms with Gasteiger partial charge in [-0.15, -0.1) is 0 Å². The summed E-state index contributed by atoms with van der Waals surface area (Å²) in [6, 6.07) is -1.04. The summed E-state index contributed by atoms with van der Waals surface area (Å²) < 4.78 is 24.7. The van der Waals surface area contributed by atoms with E-state index in [0.717, 1.165) is 0 Å². The molecule has 0 bridgehead atoms. The molecular weight excluding hydrogens is 206 g/mol. The molecule has 0 aromatic heterocycles. The lowest BCUT2D eigenvalue weighted by Gasteiger charge is -2.17. The van der Waals surface area contributed by atoms with Crippen LogP contribution in [0.1, 0.15) is 27.2 Å². The zero-order chi connectivity index (χ0) is 11.4. The van der Waals surface area contributed by atoms with Crippen molar-refractivity contribution in [2.24, 2.45) is 5.92 Å². The summed E-state index contributed by atoms with van der Waals surface area (Å²) in [7, 11) is -3.45. The molecule has 0 saturated carbocycles. The Hall–Kier alpha value is -0.620. The van der Waals surface area contributed by atoms with Crippen LogP contribution in [0.2, 0.25) is 0 Å². The van der Waals surface area contributed by atoms with E-state index in [4.69, 9.17) is 5.11 Å². The van der Waals surface area contributed by atoms with E-state index in [1.54, 1.807) is 20.8 Å². The van der Waals surface area contributed by atoms with Gasteiger partial charge in [0.15, 0.2) is 0 Å². The first-order valence-electron chi connectivity index (χ1n) is 4.53. The molecular formula is C8H17NO4S. The fourth-order valence-corrected chi connectivity index (χ4v) is 2.41. The van der Waals surface area contributed by atoms with Gasteiger partial charge >= 0.3 is 5.97 Å². The van der Waals surface area contributed by atoms with Gasteiger partial charge in [0, 0.05) is 0 Å². The molecule has 84 valence electrons. The number of carboxylic acids is 1. The highest BCUT2D eigenvalue weighted by atomic mass is 32.2. The second-order valence-electron chi connectivity index (χ2n) is 3.50. The third-order valence-corrected chi connectivity index (χ3v) is 3.27. The molecule has 5 nitrogen and oxygen atoms in total. The van der Waals surface area contributed by atoms with Gasteiger partial charge in [0.25, 0.3) is 0 Å². The lowest BCUT2D eigenvalue weighted by Crippen LogP contribution is -2.45. The molecule has 0 aliphatic rings. The number of carboxylic acid groups (broad SMARTS) is 1. The second kappa shape index (κ2) is 5.31. The molecule has 0 aromatic carbocycles. The molecule has 0 aliphatic heterocycles. The molecule has 0 amide bonds. The Bertz CT molecular complexity index is 284. The van der Waals surface area contributed by atoms with Crippen molar-refractivity contribution >= 4 is 16.0 Å². The van der Waals surface area contributed by atoms with Gasteiger partial charge in [0.2, 0.25) is 10.0 Å². The lowest BCUT2D eigenvalue weighted by atomic mass is 10.1. The number of rotatable bonds is 6. The van der Waals surface area contributed by atoms with Crippen LogP contribution in [-0.4, -0.2) is 31.3 Å². The molecule has 0 heterocycles. The standard InChI is InChI=1S/C8H17NO4S/c1-4-5-14(12,13)9-7(6(2)3)8(10)11/h6-7,9H,4-5H2,1-3H3,(H,10,11). The summed E-state index contributed by atoms with van der Waals surface area (Å²) >= 11 is 0. The predicted octanol–water partition coefficient (Wildman–Crippen LogP) is 0.425. The van der Waals surface area contributed by atoms with Crippen molar-refractivity contribution in [3.63, 3.8) is 0 Å². The van der Waals surface area contributed by atoms with Crippen molar-refractivity contribution in [1.82, 2.24) is 4.72 Å². The zero-order valence-electron chi connectivity index (χ0n) is 8.65. The fraction of sp³-hybridized carbons (Fsp3) is 0.875. The second-order valence-corrected chi connectivity index (χ2v) is 5.37. The van der Waals surface area contributed by atoms with Gasteiger partial charge in [0.05, 0.1) is 5.75 Å². The highest BCUT2D eigenvalue weighted by Gasteiger charge is 2.26. The third kappa shape index (κ3) is 4.57. The minimum absolute atomic E-state index is 0.0382. The van der Waals surface area contributed by atoms with E-state index in [9.17, 15) is 13.2 Å². The molecule has 0 saturated heterocycles. The summed E-state index contributed by atoms with van der Waals surface area (Å²) in [6.45, 7) is 5.05. The first-order valence-corrected chi connectivity index (χ1v) is 6.18. The van der Waals surface area contributed by atoms with Gasteiger partial charge in [-0.2, -0.15) is 0 Å². The minimum Gasteiger partial charge on any atom is -0.480 e. The highest BCUT2D eigenvalue weighted by molar-refractivity contribution is 7.89. The molecule has 0 rings (SSSR count). The molecule has 0 aliphatic carbocycles. The molecule has 2 N–H and O–H groups in total. The van der Waals surface area contributed by atoms with Crippen LogP contribution >= 0.6 is 0 Å². The van der Waals surface area contributed by atoms with Crippen LogP contribution in [0.15, 0.2) is 0 Å². The first-order chi connectivity index (χ1) is 6.30. The smallest absolute Gasteiger partial charge is 0.321 e. The van der Waals surface area contributed by atoms with Crippen molar-refractivity contribution in [3.8, 4) is 0 Å².